The van der Waals surface area contributed by atoms with E-state index < -0.39 is 0 Å². The van der Waals surface area contributed by atoms with Crippen LogP contribution >= 0.6 is 0 Å². The largest absolute Gasteiger partial charge is 0.383 e. The van der Waals surface area contributed by atoms with E-state index in [0.717, 1.165) is 37.0 Å². The molecule has 0 aromatic heterocycles. The molecule has 3 heteroatoms. The van der Waals surface area contributed by atoms with Gasteiger partial charge in [-0.15, -0.1) is 0 Å². The van der Waals surface area contributed by atoms with Crippen LogP contribution in [0, 0.1) is 0 Å². The maximum Gasteiger partial charge on any atom is 0.150 e. The van der Waals surface area contributed by atoms with E-state index in [9.17, 15) is 4.79 Å². The summed E-state index contributed by atoms with van der Waals surface area (Å²) in [7, 11) is 2.08. The van der Waals surface area contributed by atoms with E-state index in [1.165, 1.54) is 5.69 Å². The minimum absolute atomic E-state index is 0.728. The van der Waals surface area contributed by atoms with Crippen molar-refractivity contribution in [3.8, 4) is 0 Å². The van der Waals surface area contributed by atoms with Gasteiger partial charge in [0.1, 0.15) is 6.29 Å². The molecule has 0 saturated carbocycles. The second-order valence-corrected chi connectivity index (χ2v) is 3.60. The second kappa shape index (κ2) is 3.70. The summed E-state index contributed by atoms with van der Waals surface area (Å²) >= 11 is 0. The van der Waals surface area contributed by atoms with Crippen molar-refractivity contribution in [2.24, 2.45) is 0 Å². The molecule has 3 nitrogen and oxygen atoms in total. The van der Waals surface area contributed by atoms with Crippen molar-refractivity contribution in [1.29, 1.82) is 0 Å². The zero-order chi connectivity index (χ0) is 9.97. The highest BCUT2D eigenvalue weighted by Crippen LogP contribution is 2.27. The van der Waals surface area contributed by atoms with E-state index in [1.54, 1.807) is 0 Å². The zero-order valence-electron chi connectivity index (χ0n) is 8.29. The van der Waals surface area contributed by atoms with E-state index in [4.69, 9.17) is 0 Å². The van der Waals surface area contributed by atoms with Gasteiger partial charge in [0.25, 0.3) is 0 Å². The van der Waals surface area contributed by atoms with E-state index in [2.05, 4.69) is 17.3 Å². The highest BCUT2D eigenvalue weighted by atomic mass is 16.1. The Hall–Kier alpha value is -1.51. The number of nitrogens with zero attached hydrogens (tertiary/aromatic N) is 1. The van der Waals surface area contributed by atoms with Gasteiger partial charge in [0.15, 0.2) is 0 Å². The maximum absolute atomic E-state index is 10.6. The van der Waals surface area contributed by atoms with Crippen molar-refractivity contribution in [1.82, 2.24) is 0 Å². The summed E-state index contributed by atoms with van der Waals surface area (Å²) in [5, 5.41) is 3.33. The molecule has 1 heterocycles. The van der Waals surface area contributed by atoms with Crippen molar-refractivity contribution >= 4 is 17.7 Å². The van der Waals surface area contributed by atoms with E-state index >= 15 is 0 Å². The Morgan fingerprint density at radius 2 is 2.36 bits per heavy atom. The quantitative estimate of drug-likeness (QED) is 0.685. The monoisotopic (exact) mass is 190 g/mol. The molecule has 1 aromatic carbocycles. The van der Waals surface area contributed by atoms with Crippen LogP contribution in [0.2, 0.25) is 0 Å². The number of carbonyl (C=O) groups is 1. The summed E-state index contributed by atoms with van der Waals surface area (Å²) in [6.45, 7) is 2.03. The Morgan fingerprint density at radius 3 is 3.14 bits per heavy atom. The van der Waals surface area contributed by atoms with Crippen molar-refractivity contribution in [2.75, 3.05) is 30.4 Å². The Labute approximate surface area is 83.7 Å². The summed E-state index contributed by atoms with van der Waals surface area (Å²) < 4.78 is 0. The van der Waals surface area contributed by atoms with Gasteiger partial charge in [-0.2, -0.15) is 0 Å². The molecular weight excluding hydrogens is 176 g/mol. The zero-order valence-corrected chi connectivity index (χ0v) is 8.29. The van der Waals surface area contributed by atoms with Gasteiger partial charge < -0.3 is 10.2 Å². The third-order valence-electron chi connectivity index (χ3n) is 2.55. The van der Waals surface area contributed by atoms with Gasteiger partial charge in [-0.25, -0.2) is 0 Å². The molecule has 0 amide bonds. The molecule has 0 fully saturated rings. The van der Waals surface area contributed by atoms with Crippen LogP contribution < -0.4 is 10.2 Å². The highest BCUT2D eigenvalue weighted by molar-refractivity contribution is 5.82. The summed E-state index contributed by atoms with van der Waals surface area (Å²) in [5.74, 6) is 0. The Morgan fingerprint density at radius 1 is 1.50 bits per heavy atom. The summed E-state index contributed by atoms with van der Waals surface area (Å²) in [6, 6.07) is 5.76. The lowest BCUT2D eigenvalue weighted by Crippen LogP contribution is -2.17. The van der Waals surface area contributed by atoms with E-state index in [0.29, 0.717) is 0 Å². The van der Waals surface area contributed by atoms with Crippen LogP contribution in [0.15, 0.2) is 18.2 Å². The van der Waals surface area contributed by atoms with Gasteiger partial charge in [0.05, 0.1) is 11.4 Å². The molecule has 0 spiro atoms. The molecular formula is C11H14N2O. The second-order valence-electron chi connectivity index (χ2n) is 3.60. The van der Waals surface area contributed by atoms with Crippen molar-refractivity contribution in [2.45, 2.75) is 6.42 Å². The van der Waals surface area contributed by atoms with Gasteiger partial charge >= 0.3 is 0 Å². The predicted octanol–water partition coefficient (Wildman–Crippen LogP) is 1.75. The van der Waals surface area contributed by atoms with Crippen molar-refractivity contribution in [3.05, 3.63) is 23.8 Å². The molecule has 1 aliphatic rings. The molecule has 0 radical (unpaired) electrons. The molecule has 0 unspecified atom stereocenters. The normalized spacial score (nSPS) is 15.4. The van der Waals surface area contributed by atoms with Crippen LogP contribution in [0.5, 0.6) is 0 Å². The Balaban J connectivity index is 2.42. The van der Waals surface area contributed by atoms with Crippen LogP contribution in [-0.4, -0.2) is 26.4 Å². The fraction of sp³-hybridized carbons (Fsp3) is 0.364. The molecule has 2 rings (SSSR count). The van der Waals surface area contributed by atoms with Crippen molar-refractivity contribution < 1.29 is 4.79 Å². The molecule has 1 aromatic rings. The molecule has 0 aliphatic carbocycles. The van der Waals surface area contributed by atoms with Crippen LogP contribution in [0.3, 0.4) is 0 Å². The molecule has 14 heavy (non-hydrogen) atoms. The van der Waals surface area contributed by atoms with E-state index in [-0.39, 0.29) is 0 Å². The van der Waals surface area contributed by atoms with Crippen molar-refractivity contribution in [3.63, 3.8) is 0 Å². The van der Waals surface area contributed by atoms with E-state index in [1.807, 2.05) is 18.2 Å². The summed E-state index contributed by atoms with van der Waals surface area (Å²) in [6.07, 6.45) is 2.01. The van der Waals surface area contributed by atoms with Crippen LogP contribution in [-0.2, 0) is 0 Å². The van der Waals surface area contributed by atoms with Gasteiger partial charge in [-0.1, -0.05) is 0 Å². The first-order chi connectivity index (χ1) is 6.81. The smallest absolute Gasteiger partial charge is 0.150 e. The number of anilines is 2. The first kappa shape index (κ1) is 9.06. The van der Waals surface area contributed by atoms with Gasteiger partial charge in [0.2, 0.25) is 0 Å². The third-order valence-corrected chi connectivity index (χ3v) is 2.55. The molecule has 74 valence electrons. The molecule has 0 atom stereocenters. The van der Waals surface area contributed by atoms with Gasteiger partial charge in [-0.05, 0) is 24.6 Å². The average molecular weight is 190 g/mol. The SMILES string of the molecule is CN1CCCNc2cc(C=O)ccc21. The maximum atomic E-state index is 10.6. The Kier molecular flexibility index (Phi) is 2.39. The lowest BCUT2D eigenvalue weighted by molar-refractivity contribution is 0.112. The molecule has 1 aliphatic heterocycles. The Bertz CT molecular complexity index is 349. The highest BCUT2D eigenvalue weighted by Gasteiger charge is 2.11. The molecule has 0 saturated heterocycles. The number of carbonyl (C=O) groups excluding carboxylic acids is 1. The minimum atomic E-state index is 0.728. The fourth-order valence-corrected chi connectivity index (χ4v) is 1.76. The number of benzene rings is 1. The average Bonchev–Trinajstić information content (AvgIpc) is 2.40. The number of nitrogens with one attached hydrogen (secondary N) is 1. The standard InChI is InChI=1S/C11H14N2O/c1-13-6-2-5-12-10-7-9(8-14)3-4-11(10)13/h3-4,7-8,12H,2,5-6H2,1H3. The third kappa shape index (κ3) is 1.58. The number of fused-ring (bicyclic) bond motifs is 1. The lowest BCUT2D eigenvalue weighted by Gasteiger charge is -2.18. The van der Waals surface area contributed by atoms with Gasteiger partial charge in [-0.3, -0.25) is 4.79 Å². The molecule has 1 N–H and O–H groups in total. The number of hydrogen-bond donors (Lipinski definition) is 1. The number of rotatable bonds is 1. The minimum Gasteiger partial charge on any atom is -0.383 e. The number of aldehydes is 1. The first-order valence-corrected chi connectivity index (χ1v) is 4.85. The lowest BCUT2D eigenvalue weighted by atomic mass is 10.2. The summed E-state index contributed by atoms with van der Waals surface area (Å²) in [5.41, 5.74) is 2.97. The first-order valence-electron chi connectivity index (χ1n) is 4.85. The predicted molar refractivity (Wildman–Crippen MR) is 58.2 cm³/mol. The van der Waals surface area contributed by atoms with Crippen LogP contribution in [0.4, 0.5) is 11.4 Å². The summed E-state index contributed by atoms with van der Waals surface area (Å²) in [4.78, 5) is 12.8. The van der Waals surface area contributed by atoms with Crippen LogP contribution in [0.1, 0.15) is 16.8 Å². The van der Waals surface area contributed by atoms with Gasteiger partial charge in [0, 0.05) is 25.7 Å². The molecule has 0 bridgehead atoms. The topological polar surface area (TPSA) is 32.3 Å². The van der Waals surface area contributed by atoms with Crippen LogP contribution in [0.25, 0.3) is 0 Å². The number of hydrogen-bond acceptors (Lipinski definition) is 3. The fourth-order valence-electron chi connectivity index (χ4n) is 1.76.